The third-order valence-corrected chi connectivity index (χ3v) is 2.18. The van der Waals surface area contributed by atoms with Crippen LogP contribution in [0.15, 0.2) is 18.2 Å². The van der Waals surface area contributed by atoms with Gasteiger partial charge in [-0.05, 0) is 25.1 Å². The number of amides is 1. The average molecular weight is 221 g/mol. The van der Waals surface area contributed by atoms with Crippen molar-refractivity contribution in [1.29, 1.82) is 0 Å². The van der Waals surface area contributed by atoms with Gasteiger partial charge in [-0.2, -0.15) is 0 Å². The van der Waals surface area contributed by atoms with E-state index in [0.29, 0.717) is 23.6 Å². The molecule has 0 saturated heterocycles. The Balaban J connectivity index is 2.21. The maximum Gasteiger partial charge on any atom is 0.292 e. The monoisotopic (exact) mass is 221 g/mol. The van der Waals surface area contributed by atoms with Gasteiger partial charge >= 0.3 is 0 Å². The number of ether oxygens (including phenoxy) is 2. The van der Waals surface area contributed by atoms with Crippen LogP contribution in [0.5, 0.6) is 11.5 Å². The normalized spacial score (nSPS) is 12.3. The lowest BCUT2D eigenvalue weighted by atomic mass is 10.1. The van der Waals surface area contributed by atoms with E-state index in [1.807, 2.05) is 0 Å². The first-order valence-corrected chi connectivity index (χ1v) is 4.94. The lowest BCUT2D eigenvalue weighted by Crippen LogP contribution is -2.30. The molecule has 16 heavy (non-hydrogen) atoms. The summed E-state index contributed by atoms with van der Waals surface area (Å²) in [6, 6.07) is 4.68. The van der Waals surface area contributed by atoms with Gasteiger partial charge in [-0.3, -0.25) is 9.59 Å². The molecular formula is C11H11NO4. The van der Waals surface area contributed by atoms with Gasteiger partial charge in [-0.15, -0.1) is 0 Å². The van der Waals surface area contributed by atoms with Crippen molar-refractivity contribution in [2.75, 3.05) is 13.3 Å². The van der Waals surface area contributed by atoms with Crippen molar-refractivity contribution in [2.45, 2.75) is 6.92 Å². The number of likely N-dealkylation sites (N-methyl/N-ethyl adjacent to an activating group) is 1. The zero-order chi connectivity index (χ0) is 11.5. The summed E-state index contributed by atoms with van der Waals surface area (Å²) in [6.45, 7) is 2.33. The van der Waals surface area contributed by atoms with Crippen molar-refractivity contribution in [2.24, 2.45) is 0 Å². The van der Waals surface area contributed by atoms with Crippen LogP contribution in [0, 0.1) is 0 Å². The second kappa shape index (κ2) is 4.22. The number of nitrogens with one attached hydrogen (secondary N) is 1. The van der Waals surface area contributed by atoms with E-state index >= 15 is 0 Å². The molecule has 0 aliphatic carbocycles. The maximum absolute atomic E-state index is 11.6. The van der Waals surface area contributed by atoms with Crippen LogP contribution in [0.4, 0.5) is 0 Å². The molecule has 84 valence electrons. The van der Waals surface area contributed by atoms with E-state index in [1.54, 1.807) is 19.1 Å². The van der Waals surface area contributed by atoms with Crippen LogP contribution in [0.3, 0.4) is 0 Å². The highest BCUT2D eigenvalue weighted by molar-refractivity contribution is 6.42. The summed E-state index contributed by atoms with van der Waals surface area (Å²) in [5.74, 6) is -0.0934. The van der Waals surface area contributed by atoms with Gasteiger partial charge in [0.15, 0.2) is 11.5 Å². The highest BCUT2D eigenvalue weighted by Gasteiger charge is 2.19. The molecule has 1 aliphatic rings. The first-order chi connectivity index (χ1) is 7.72. The zero-order valence-corrected chi connectivity index (χ0v) is 8.78. The fourth-order valence-electron chi connectivity index (χ4n) is 1.41. The molecule has 0 bridgehead atoms. The number of hydrogen-bond acceptors (Lipinski definition) is 4. The minimum Gasteiger partial charge on any atom is -0.454 e. The van der Waals surface area contributed by atoms with Crippen LogP contribution in [0.25, 0.3) is 0 Å². The van der Waals surface area contributed by atoms with Crippen LogP contribution in [-0.2, 0) is 4.79 Å². The summed E-state index contributed by atoms with van der Waals surface area (Å²) >= 11 is 0. The topological polar surface area (TPSA) is 64.6 Å². The summed E-state index contributed by atoms with van der Waals surface area (Å²) in [5.41, 5.74) is 0.301. The predicted octanol–water partition coefficient (Wildman–Crippen LogP) is 0.734. The van der Waals surface area contributed by atoms with E-state index in [9.17, 15) is 9.59 Å². The van der Waals surface area contributed by atoms with Gasteiger partial charge in [0, 0.05) is 12.1 Å². The van der Waals surface area contributed by atoms with Crippen molar-refractivity contribution in [3.05, 3.63) is 23.8 Å². The average Bonchev–Trinajstić information content (AvgIpc) is 2.75. The largest absolute Gasteiger partial charge is 0.454 e. The van der Waals surface area contributed by atoms with Crippen molar-refractivity contribution in [3.8, 4) is 11.5 Å². The summed E-state index contributed by atoms with van der Waals surface area (Å²) in [5, 5.41) is 2.45. The molecule has 0 radical (unpaired) electrons. The summed E-state index contributed by atoms with van der Waals surface area (Å²) in [7, 11) is 0. The van der Waals surface area contributed by atoms with Gasteiger partial charge in [-0.25, -0.2) is 0 Å². The molecule has 1 aromatic rings. The van der Waals surface area contributed by atoms with Gasteiger partial charge in [0.1, 0.15) is 0 Å². The molecular weight excluding hydrogens is 210 g/mol. The molecule has 2 rings (SSSR count). The summed E-state index contributed by atoms with van der Waals surface area (Å²) in [4.78, 5) is 22.9. The highest BCUT2D eigenvalue weighted by atomic mass is 16.7. The number of carbonyl (C=O) groups excluding carboxylic acids is 2. The fraction of sp³-hybridized carbons (Fsp3) is 0.273. The van der Waals surface area contributed by atoms with Crippen LogP contribution in [0.1, 0.15) is 17.3 Å². The van der Waals surface area contributed by atoms with Crippen molar-refractivity contribution < 1.29 is 19.1 Å². The molecule has 1 heterocycles. The Morgan fingerprint density at radius 1 is 1.31 bits per heavy atom. The number of hydrogen-bond donors (Lipinski definition) is 1. The molecule has 0 fully saturated rings. The Hall–Kier alpha value is -2.04. The molecule has 1 amide bonds. The molecule has 0 saturated carbocycles. The Morgan fingerprint density at radius 2 is 2.06 bits per heavy atom. The second-order valence-corrected chi connectivity index (χ2v) is 3.26. The van der Waals surface area contributed by atoms with Gasteiger partial charge in [0.2, 0.25) is 12.6 Å². The van der Waals surface area contributed by atoms with Crippen molar-refractivity contribution >= 4 is 11.7 Å². The molecule has 0 atom stereocenters. The Kier molecular flexibility index (Phi) is 2.76. The molecule has 0 unspecified atom stereocenters. The SMILES string of the molecule is CCNC(=O)C(=O)c1ccc2c(c1)OCO2. The minimum atomic E-state index is -0.610. The number of Topliss-reactive ketones (excluding diaryl/α,β-unsaturated/α-hetero) is 1. The van der Waals surface area contributed by atoms with E-state index in [-0.39, 0.29) is 6.79 Å². The highest BCUT2D eigenvalue weighted by Crippen LogP contribution is 2.32. The molecule has 5 nitrogen and oxygen atoms in total. The van der Waals surface area contributed by atoms with E-state index in [0.717, 1.165) is 0 Å². The smallest absolute Gasteiger partial charge is 0.292 e. The van der Waals surface area contributed by atoms with E-state index in [4.69, 9.17) is 9.47 Å². The number of ketones is 1. The quantitative estimate of drug-likeness (QED) is 0.603. The van der Waals surface area contributed by atoms with E-state index < -0.39 is 11.7 Å². The number of fused-ring (bicyclic) bond motifs is 1. The number of rotatable bonds is 3. The molecule has 0 spiro atoms. The number of carbonyl (C=O) groups is 2. The van der Waals surface area contributed by atoms with Crippen LogP contribution in [0.2, 0.25) is 0 Å². The summed E-state index contributed by atoms with van der Waals surface area (Å²) < 4.78 is 10.2. The van der Waals surface area contributed by atoms with Gasteiger partial charge in [0.05, 0.1) is 0 Å². The standard InChI is InChI=1S/C11H11NO4/c1-2-12-11(14)10(13)7-3-4-8-9(5-7)16-6-15-8/h3-5H,2,6H2,1H3,(H,12,14). The fourth-order valence-corrected chi connectivity index (χ4v) is 1.41. The lowest BCUT2D eigenvalue weighted by Gasteiger charge is -2.02. The maximum atomic E-state index is 11.6. The Labute approximate surface area is 92.4 Å². The molecule has 1 N–H and O–H groups in total. The van der Waals surface area contributed by atoms with E-state index in [1.165, 1.54) is 6.07 Å². The first-order valence-electron chi connectivity index (χ1n) is 4.94. The van der Waals surface area contributed by atoms with Gasteiger partial charge < -0.3 is 14.8 Å². The molecule has 1 aliphatic heterocycles. The second-order valence-electron chi connectivity index (χ2n) is 3.26. The van der Waals surface area contributed by atoms with Crippen LogP contribution < -0.4 is 14.8 Å². The third kappa shape index (κ3) is 1.84. The van der Waals surface area contributed by atoms with Crippen LogP contribution >= 0.6 is 0 Å². The van der Waals surface area contributed by atoms with Gasteiger partial charge in [-0.1, -0.05) is 0 Å². The van der Waals surface area contributed by atoms with Crippen molar-refractivity contribution in [1.82, 2.24) is 5.32 Å². The Morgan fingerprint density at radius 3 is 2.81 bits per heavy atom. The Bertz CT molecular complexity index is 442. The molecule has 1 aromatic carbocycles. The minimum absolute atomic E-state index is 0.147. The zero-order valence-electron chi connectivity index (χ0n) is 8.78. The summed E-state index contributed by atoms with van der Waals surface area (Å²) in [6.07, 6.45) is 0. The molecule has 0 aromatic heterocycles. The third-order valence-electron chi connectivity index (χ3n) is 2.18. The van der Waals surface area contributed by atoms with E-state index in [2.05, 4.69) is 5.32 Å². The number of benzene rings is 1. The van der Waals surface area contributed by atoms with Crippen LogP contribution in [-0.4, -0.2) is 25.0 Å². The first kappa shape index (κ1) is 10.5. The lowest BCUT2D eigenvalue weighted by molar-refractivity contribution is -0.116. The molecule has 5 heteroatoms. The van der Waals surface area contributed by atoms with Gasteiger partial charge in [0.25, 0.3) is 5.91 Å². The predicted molar refractivity (Wildman–Crippen MR) is 55.6 cm³/mol. The van der Waals surface area contributed by atoms with Crippen molar-refractivity contribution in [3.63, 3.8) is 0 Å².